The highest BCUT2D eigenvalue weighted by atomic mass is 16.3. The van der Waals surface area contributed by atoms with E-state index >= 15 is 0 Å². The molecule has 0 fully saturated rings. The van der Waals surface area contributed by atoms with Crippen molar-refractivity contribution in [1.82, 2.24) is 25.5 Å². The van der Waals surface area contributed by atoms with Gasteiger partial charge in [-0.15, -0.1) is 10.2 Å². The summed E-state index contributed by atoms with van der Waals surface area (Å²) in [6.07, 6.45) is 8.09. The maximum atomic E-state index is 11.9. The largest absolute Gasteiger partial charge is 0.458 e. The van der Waals surface area contributed by atoms with Crippen LogP contribution in [0.4, 0.5) is 0 Å². The lowest BCUT2D eigenvalue weighted by molar-refractivity contribution is -0.122. The summed E-state index contributed by atoms with van der Waals surface area (Å²) in [5, 5.41) is 14.8. The first-order chi connectivity index (χ1) is 11.2. The topological polar surface area (TPSA) is 85.8 Å². The van der Waals surface area contributed by atoms with Crippen LogP contribution >= 0.6 is 0 Å². The summed E-state index contributed by atoms with van der Waals surface area (Å²) in [6.45, 7) is 2.57. The summed E-state index contributed by atoms with van der Waals surface area (Å²) in [6, 6.07) is 3.62. The van der Waals surface area contributed by atoms with Crippen molar-refractivity contribution in [3.63, 3.8) is 0 Å². The van der Waals surface area contributed by atoms with Crippen LogP contribution in [-0.2, 0) is 11.3 Å². The van der Waals surface area contributed by atoms with Crippen LogP contribution in [0.1, 0.15) is 37.9 Å². The molecule has 1 aliphatic carbocycles. The van der Waals surface area contributed by atoms with E-state index in [0.717, 1.165) is 18.6 Å². The number of aromatic nitrogens is 4. The Morgan fingerprint density at radius 1 is 1.39 bits per heavy atom. The smallest absolute Gasteiger partial charge is 0.243 e. The van der Waals surface area contributed by atoms with E-state index in [-0.39, 0.29) is 12.5 Å². The first-order valence-electron chi connectivity index (χ1n) is 8.00. The van der Waals surface area contributed by atoms with E-state index < -0.39 is 0 Å². The number of furan rings is 1. The van der Waals surface area contributed by atoms with E-state index in [1.165, 1.54) is 29.6 Å². The Labute approximate surface area is 134 Å². The quantitative estimate of drug-likeness (QED) is 0.826. The molecule has 0 saturated carbocycles. The Bertz CT molecular complexity index is 701. The molecular formula is C16H21N5O2. The zero-order valence-electron chi connectivity index (χ0n) is 13.3. The van der Waals surface area contributed by atoms with E-state index in [4.69, 9.17) is 4.42 Å². The van der Waals surface area contributed by atoms with Crippen molar-refractivity contribution >= 4 is 5.91 Å². The van der Waals surface area contributed by atoms with E-state index in [9.17, 15) is 4.79 Å². The highest BCUT2D eigenvalue weighted by Crippen LogP contribution is 2.19. The van der Waals surface area contributed by atoms with Gasteiger partial charge in [0, 0.05) is 6.54 Å². The highest BCUT2D eigenvalue weighted by molar-refractivity contribution is 5.75. The van der Waals surface area contributed by atoms with Gasteiger partial charge in [0.1, 0.15) is 12.3 Å². The maximum Gasteiger partial charge on any atom is 0.243 e. The summed E-state index contributed by atoms with van der Waals surface area (Å²) in [4.78, 5) is 13.2. The van der Waals surface area contributed by atoms with Crippen LogP contribution in [0.5, 0.6) is 0 Å². The minimum Gasteiger partial charge on any atom is -0.458 e. The van der Waals surface area contributed by atoms with E-state index in [1.807, 2.05) is 13.0 Å². The van der Waals surface area contributed by atoms with E-state index in [0.29, 0.717) is 18.1 Å². The number of tetrazole rings is 1. The molecule has 2 heterocycles. The van der Waals surface area contributed by atoms with Gasteiger partial charge in [0.2, 0.25) is 11.7 Å². The fourth-order valence-electron chi connectivity index (χ4n) is 2.64. The third-order valence-corrected chi connectivity index (χ3v) is 3.85. The van der Waals surface area contributed by atoms with Gasteiger partial charge in [-0.2, -0.15) is 4.80 Å². The van der Waals surface area contributed by atoms with Gasteiger partial charge in [0.25, 0.3) is 0 Å². The molecule has 1 N–H and O–H groups in total. The Balaban J connectivity index is 1.46. The lowest BCUT2D eigenvalue weighted by atomic mass is 9.97. The van der Waals surface area contributed by atoms with Crippen molar-refractivity contribution in [2.45, 2.75) is 45.6 Å². The number of carbonyl (C=O) groups excluding carboxylic acids is 1. The number of hydrogen-bond donors (Lipinski definition) is 1. The average Bonchev–Trinajstić information content (AvgIpc) is 3.17. The first kappa shape index (κ1) is 15.5. The van der Waals surface area contributed by atoms with Crippen LogP contribution in [0.15, 0.2) is 28.2 Å². The minimum absolute atomic E-state index is 0.0612. The third-order valence-electron chi connectivity index (χ3n) is 3.85. The van der Waals surface area contributed by atoms with Crippen LogP contribution in [-0.4, -0.2) is 32.7 Å². The molecule has 122 valence electrons. The SMILES string of the molecule is Cc1ccc(-c2nnn(CC(=O)NCCC3=CCCCC3)n2)o1. The summed E-state index contributed by atoms with van der Waals surface area (Å²) < 4.78 is 5.43. The van der Waals surface area contributed by atoms with Crippen LogP contribution in [0.25, 0.3) is 11.6 Å². The van der Waals surface area contributed by atoms with Gasteiger partial charge in [0.15, 0.2) is 5.76 Å². The van der Waals surface area contributed by atoms with Crippen LogP contribution in [0.3, 0.4) is 0 Å². The summed E-state index contributed by atoms with van der Waals surface area (Å²) >= 11 is 0. The first-order valence-corrected chi connectivity index (χ1v) is 8.00. The molecule has 23 heavy (non-hydrogen) atoms. The van der Waals surface area contributed by atoms with Crippen molar-refractivity contribution in [1.29, 1.82) is 0 Å². The van der Waals surface area contributed by atoms with Crippen molar-refractivity contribution in [3.05, 3.63) is 29.5 Å². The Morgan fingerprint density at radius 2 is 2.30 bits per heavy atom. The normalized spacial score (nSPS) is 14.6. The summed E-state index contributed by atoms with van der Waals surface area (Å²) in [7, 11) is 0. The molecule has 0 atom stereocenters. The molecule has 0 bridgehead atoms. The van der Waals surface area contributed by atoms with Gasteiger partial charge in [0.05, 0.1) is 0 Å². The molecule has 0 saturated heterocycles. The zero-order chi connectivity index (χ0) is 16.1. The van der Waals surface area contributed by atoms with E-state index in [2.05, 4.69) is 26.8 Å². The van der Waals surface area contributed by atoms with Gasteiger partial charge >= 0.3 is 0 Å². The fourth-order valence-corrected chi connectivity index (χ4v) is 2.64. The number of carbonyl (C=O) groups is 1. The highest BCUT2D eigenvalue weighted by Gasteiger charge is 2.12. The fraction of sp³-hybridized carbons (Fsp3) is 0.500. The molecule has 2 aromatic rings. The van der Waals surface area contributed by atoms with Gasteiger partial charge in [-0.3, -0.25) is 4.79 Å². The Kier molecular flexibility index (Phi) is 4.85. The predicted octanol–water partition coefficient (Wildman–Crippen LogP) is 2.25. The molecule has 0 spiro atoms. The second kappa shape index (κ2) is 7.21. The number of nitrogens with zero attached hydrogens (tertiary/aromatic N) is 4. The summed E-state index contributed by atoms with van der Waals surface area (Å²) in [5.74, 6) is 1.61. The molecule has 7 nitrogen and oxygen atoms in total. The number of aryl methyl sites for hydroxylation is 1. The monoisotopic (exact) mass is 315 g/mol. The molecular weight excluding hydrogens is 294 g/mol. The van der Waals surface area contributed by atoms with Crippen molar-refractivity contribution in [2.75, 3.05) is 6.54 Å². The molecule has 0 aromatic carbocycles. The average molecular weight is 315 g/mol. The molecule has 2 aromatic heterocycles. The second-order valence-electron chi connectivity index (χ2n) is 5.76. The zero-order valence-corrected chi connectivity index (χ0v) is 13.3. The van der Waals surface area contributed by atoms with E-state index in [1.54, 1.807) is 6.07 Å². The number of nitrogens with one attached hydrogen (secondary N) is 1. The van der Waals surface area contributed by atoms with Crippen molar-refractivity contribution < 1.29 is 9.21 Å². The van der Waals surface area contributed by atoms with Gasteiger partial charge in [-0.05, 0) is 56.4 Å². The van der Waals surface area contributed by atoms with Crippen LogP contribution in [0.2, 0.25) is 0 Å². The third kappa shape index (κ3) is 4.28. The van der Waals surface area contributed by atoms with Gasteiger partial charge in [-0.1, -0.05) is 11.6 Å². The number of hydrogen-bond acceptors (Lipinski definition) is 5. The van der Waals surface area contributed by atoms with Gasteiger partial charge in [-0.25, -0.2) is 0 Å². The minimum atomic E-state index is -0.110. The molecule has 1 aliphatic rings. The second-order valence-corrected chi connectivity index (χ2v) is 5.76. The number of amides is 1. The standard InChI is InChI=1S/C16H21N5O2/c1-12-7-8-14(23-12)16-18-20-21(19-16)11-15(22)17-10-9-13-5-3-2-4-6-13/h5,7-8H,2-4,6,9-11H2,1H3,(H,17,22). The summed E-state index contributed by atoms with van der Waals surface area (Å²) in [5.41, 5.74) is 1.45. The predicted molar refractivity (Wildman–Crippen MR) is 84.4 cm³/mol. The Hall–Kier alpha value is -2.44. The molecule has 7 heteroatoms. The maximum absolute atomic E-state index is 11.9. The molecule has 3 rings (SSSR count). The lowest BCUT2D eigenvalue weighted by Crippen LogP contribution is -2.29. The molecule has 0 radical (unpaired) electrons. The Morgan fingerprint density at radius 3 is 3.04 bits per heavy atom. The van der Waals surface area contributed by atoms with Gasteiger partial charge < -0.3 is 9.73 Å². The molecule has 0 unspecified atom stereocenters. The van der Waals surface area contributed by atoms with Crippen molar-refractivity contribution in [3.8, 4) is 11.6 Å². The number of rotatable bonds is 6. The van der Waals surface area contributed by atoms with Crippen molar-refractivity contribution in [2.24, 2.45) is 0 Å². The van der Waals surface area contributed by atoms with Crippen LogP contribution < -0.4 is 5.32 Å². The van der Waals surface area contributed by atoms with Crippen LogP contribution in [0, 0.1) is 6.92 Å². The number of allylic oxidation sites excluding steroid dienone is 1. The molecule has 1 amide bonds. The molecule has 0 aliphatic heterocycles. The lowest BCUT2D eigenvalue weighted by Gasteiger charge is -2.12.